The summed E-state index contributed by atoms with van der Waals surface area (Å²) in [5.74, 6) is -0.525. The maximum atomic E-state index is 13.5. The van der Waals surface area contributed by atoms with E-state index in [1.54, 1.807) is 0 Å². The summed E-state index contributed by atoms with van der Waals surface area (Å²) >= 11 is 0. The Morgan fingerprint density at radius 1 is 1.50 bits per heavy atom. The summed E-state index contributed by atoms with van der Waals surface area (Å²) in [6.07, 6.45) is 3.54. The first-order valence-corrected chi connectivity index (χ1v) is 5.74. The number of aromatic nitrogens is 1. The number of halogens is 1. The zero-order valence-electron chi connectivity index (χ0n) is 10.5. The fourth-order valence-electron chi connectivity index (χ4n) is 1.32. The number of carbonyl (C=O) groups excluding carboxylic acids is 1. The van der Waals surface area contributed by atoms with Crippen molar-refractivity contribution in [1.29, 1.82) is 0 Å². The maximum absolute atomic E-state index is 13.5. The summed E-state index contributed by atoms with van der Waals surface area (Å²) in [5, 5.41) is 2.45. The number of amides is 1. The van der Waals surface area contributed by atoms with Gasteiger partial charge in [0.25, 0.3) is 0 Å². The van der Waals surface area contributed by atoms with Gasteiger partial charge >= 0.3 is 6.09 Å². The Hall–Kier alpha value is -1.69. The van der Waals surface area contributed by atoms with E-state index >= 15 is 0 Å². The molecule has 0 aliphatic carbocycles. The van der Waals surface area contributed by atoms with Crippen LogP contribution in [0.5, 0.6) is 0 Å². The number of nitrogens with one attached hydrogen (secondary N) is 1. The van der Waals surface area contributed by atoms with E-state index in [9.17, 15) is 9.18 Å². The van der Waals surface area contributed by atoms with Crippen LogP contribution in [0, 0.1) is 5.82 Å². The Bertz CT molecular complexity index is 399. The smallest absolute Gasteiger partial charge is 0.411 e. The number of nitrogens with zero attached hydrogens (tertiary/aromatic N) is 1. The first-order chi connectivity index (χ1) is 8.69. The van der Waals surface area contributed by atoms with Crippen LogP contribution in [0.25, 0.3) is 0 Å². The molecule has 0 aliphatic rings. The van der Waals surface area contributed by atoms with Crippen molar-refractivity contribution >= 4 is 11.8 Å². The molecule has 0 fully saturated rings. The van der Waals surface area contributed by atoms with E-state index in [2.05, 4.69) is 10.3 Å². The Balaban J connectivity index is 2.65. The van der Waals surface area contributed by atoms with E-state index in [1.165, 1.54) is 13.3 Å². The lowest BCUT2D eigenvalue weighted by molar-refractivity contribution is 0.159. The van der Waals surface area contributed by atoms with E-state index in [-0.39, 0.29) is 17.9 Å². The topological polar surface area (TPSA) is 60.5 Å². The molecule has 1 rings (SSSR count). The highest BCUT2D eigenvalue weighted by Gasteiger charge is 2.12. The molecule has 0 saturated heterocycles. The van der Waals surface area contributed by atoms with Gasteiger partial charge in [-0.25, -0.2) is 9.18 Å². The Kier molecular flexibility index (Phi) is 6.07. The van der Waals surface area contributed by atoms with E-state index in [4.69, 9.17) is 9.47 Å². The highest BCUT2D eigenvalue weighted by molar-refractivity contribution is 5.85. The van der Waals surface area contributed by atoms with Crippen molar-refractivity contribution in [2.45, 2.75) is 26.4 Å². The number of unbranched alkanes of at least 4 members (excludes halogenated alkanes) is 1. The molecule has 0 aliphatic heterocycles. The van der Waals surface area contributed by atoms with Gasteiger partial charge in [0.2, 0.25) is 0 Å². The minimum absolute atomic E-state index is 0.0545. The number of carbonyl (C=O) groups is 1. The van der Waals surface area contributed by atoms with Crippen LogP contribution < -0.4 is 5.32 Å². The Morgan fingerprint density at radius 2 is 2.28 bits per heavy atom. The molecular weight excluding hydrogens is 239 g/mol. The van der Waals surface area contributed by atoms with Crippen LogP contribution in [0.4, 0.5) is 14.9 Å². The standard InChI is InChI=1S/C12H17FN2O3/c1-3-4-5-18-12(16)15-11-7-14-6-10(13)9(11)8-17-2/h6-7H,3-5,8H2,1-2H3,(H,15,16). The van der Waals surface area contributed by atoms with Crippen molar-refractivity contribution in [2.24, 2.45) is 0 Å². The molecule has 1 amide bonds. The monoisotopic (exact) mass is 256 g/mol. The van der Waals surface area contributed by atoms with Crippen molar-refractivity contribution in [2.75, 3.05) is 19.0 Å². The van der Waals surface area contributed by atoms with Crippen molar-refractivity contribution in [3.05, 3.63) is 23.8 Å². The number of anilines is 1. The molecule has 0 atom stereocenters. The quantitative estimate of drug-likeness (QED) is 0.795. The number of pyridine rings is 1. The number of hydrogen-bond acceptors (Lipinski definition) is 4. The van der Waals surface area contributed by atoms with Gasteiger partial charge in [-0.3, -0.25) is 10.3 Å². The van der Waals surface area contributed by atoms with Gasteiger partial charge < -0.3 is 9.47 Å². The molecule has 100 valence electrons. The van der Waals surface area contributed by atoms with Crippen molar-refractivity contribution in [3.63, 3.8) is 0 Å². The molecule has 0 radical (unpaired) electrons. The summed E-state index contributed by atoms with van der Waals surface area (Å²) in [4.78, 5) is 15.1. The molecule has 1 N–H and O–H groups in total. The summed E-state index contributed by atoms with van der Waals surface area (Å²) < 4.78 is 23.2. The molecule has 18 heavy (non-hydrogen) atoms. The SMILES string of the molecule is CCCCOC(=O)Nc1cncc(F)c1COC. The van der Waals surface area contributed by atoms with E-state index in [1.807, 2.05) is 6.92 Å². The number of ether oxygens (including phenoxy) is 2. The summed E-state index contributed by atoms with van der Waals surface area (Å²) in [7, 11) is 1.45. The lowest BCUT2D eigenvalue weighted by atomic mass is 10.2. The third-order valence-electron chi connectivity index (χ3n) is 2.26. The van der Waals surface area contributed by atoms with Gasteiger partial charge in [0.05, 0.1) is 31.3 Å². The summed E-state index contributed by atoms with van der Waals surface area (Å²) in [5.41, 5.74) is 0.512. The lowest BCUT2D eigenvalue weighted by Gasteiger charge is -2.11. The minimum atomic E-state index is -0.617. The number of methoxy groups -OCH3 is 1. The zero-order chi connectivity index (χ0) is 13.4. The maximum Gasteiger partial charge on any atom is 0.411 e. The largest absolute Gasteiger partial charge is 0.449 e. The molecule has 0 spiro atoms. The van der Waals surface area contributed by atoms with Gasteiger partial charge in [-0.2, -0.15) is 0 Å². The van der Waals surface area contributed by atoms with Crippen LogP contribution >= 0.6 is 0 Å². The first-order valence-electron chi connectivity index (χ1n) is 5.74. The van der Waals surface area contributed by atoms with Crippen LogP contribution in [0.1, 0.15) is 25.3 Å². The summed E-state index contributed by atoms with van der Waals surface area (Å²) in [6, 6.07) is 0. The molecular formula is C12H17FN2O3. The average molecular weight is 256 g/mol. The number of rotatable bonds is 6. The molecule has 0 unspecified atom stereocenters. The highest BCUT2D eigenvalue weighted by Crippen LogP contribution is 2.18. The molecule has 1 aromatic rings. The van der Waals surface area contributed by atoms with Crippen LogP contribution in [-0.2, 0) is 16.1 Å². The molecule has 1 heterocycles. The van der Waals surface area contributed by atoms with Crippen LogP contribution in [0.2, 0.25) is 0 Å². The number of hydrogen-bond donors (Lipinski definition) is 1. The fraction of sp³-hybridized carbons (Fsp3) is 0.500. The van der Waals surface area contributed by atoms with Gasteiger partial charge in [-0.1, -0.05) is 13.3 Å². The Morgan fingerprint density at radius 3 is 2.94 bits per heavy atom. The molecule has 0 bridgehead atoms. The van der Waals surface area contributed by atoms with Crippen molar-refractivity contribution in [1.82, 2.24) is 4.98 Å². The van der Waals surface area contributed by atoms with Crippen molar-refractivity contribution in [3.8, 4) is 0 Å². The molecule has 5 nitrogen and oxygen atoms in total. The third kappa shape index (κ3) is 4.29. The molecule has 1 aromatic heterocycles. The lowest BCUT2D eigenvalue weighted by Crippen LogP contribution is -2.16. The second-order valence-corrected chi connectivity index (χ2v) is 3.69. The summed E-state index contributed by atoms with van der Waals surface area (Å²) in [6.45, 7) is 2.39. The molecule has 0 saturated carbocycles. The second-order valence-electron chi connectivity index (χ2n) is 3.69. The van der Waals surface area contributed by atoms with Crippen LogP contribution in [0.3, 0.4) is 0 Å². The van der Waals surface area contributed by atoms with E-state index < -0.39 is 11.9 Å². The fourth-order valence-corrected chi connectivity index (χ4v) is 1.32. The zero-order valence-corrected chi connectivity index (χ0v) is 10.5. The van der Waals surface area contributed by atoms with Crippen LogP contribution in [-0.4, -0.2) is 24.8 Å². The predicted octanol–water partition coefficient (Wildman–Crippen LogP) is 2.72. The molecule has 0 aromatic carbocycles. The van der Waals surface area contributed by atoms with Gasteiger partial charge in [-0.05, 0) is 6.42 Å². The van der Waals surface area contributed by atoms with Gasteiger partial charge in [-0.15, -0.1) is 0 Å². The highest BCUT2D eigenvalue weighted by atomic mass is 19.1. The molecule has 6 heteroatoms. The first kappa shape index (κ1) is 14.4. The van der Waals surface area contributed by atoms with Crippen molar-refractivity contribution < 1.29 is 18.7 Å². The Labute approximate surface area is 105 Å². The van der Waals surface area contributed by atoms with Crippen LogP contribution in [0.15, 0.2) is 12.4 Å². The normalized spacial score (nSPS) is 10.2. The second kappa shape index (κ2) is 7.60. The minimum Gasteiger partial charge on any atom is -0.449 e. The van der Waals surface area contributed by atoms with E-state index in [0.29, 0.717) is 6.61 Å². The third-order valence-corrected chi connectivity index (χ3v) is 2.26. The van der Waals surface area contributed by atoms with Gasteiger partial charge in [0.1, 0.15) is 5.82 Å². The van der Waals surface area contributed by atoms with Gasteiger partial charge in [0.15, 0.2) is 0 Å². The van der Waals surface area contributed by atoms with E-state index in [0.717, 1.165) is 19.0 Å². The average Bonchev–Trinajstić information content (AvgIpc) is 2.34. The van der Waals surface area contributed by atoms with Gasteiger partial charge in [0, 0.05) is 12.7 Å². The predicted molar refractivity (Wildman–Crippen MR) is 64.8 cm³/mol.